The van der Waals surface area contributed by atoms with E-state index in [1.54, 1.807) is 24.3 Å². The molecule has 0 saturated heterocycles. The highest BCUT2D eigenvalue weighted by atomic mass is 19.1. The molecule has 1 aromatic heterocycles. The minimum Gasteiger partial charge on any atom is -0.503 e. The van der Waals surface area contributed by atoms with Gasteiger partial charge in [0, 0.05) is 17.5 Å². The van der Waals surface area contributed by atoms with Crippen molar-refractivity contribution in [1.82, 2.24) is 4.90 Å². The SMILES string of the molecule is COc1cccc2cc(C(=O)C3=C(O)C(=O)N(Cc4ccccc4)C3c3ccccc3F)oc12. The molecule has 0 radical (unpaired) electrons. The number of rotatable bonds is 6. The summed E-state index contributed by atoms with van der Waals surface area (Å²) in [4.78, 5) is 28.0. The molecule has 0 aliphatic carbocycles. The maximum atomic E-state index is 14.9. The van der Waals surface area contributed by atoms with Gasteiger partial charge >= 0.3 is 0 Å². The molecule has 1 atom stereocenters. The zero-order valence-corrected chi connectivity index (χ0v) is 18.2. The molecule has 1 aliphatic rings. The monoisotopic (exact) mass is 457 g/mol. The molecular weight excluding hydrogens is 437 g/mol. The predicted molar refractivity (Wildman–Crippen MR) is 123 cm³/mol. The Bertz CT molecular complexity index is 1440. The number of carbonyl (C=O) groups excluding carboxylic acids is 2. The van der Waals surface area contributed by atoms with Crippen LogP contribution < -0.4 is 4.74 Å². The number of fused-ring (bicyclic) bond motifs is 1. The number of furan rings is 1. The molecule has 4 aromatic rings. The van der Waals surface area contributed by atoms with Gasteiger partial charge in [0.25, 0.3) is 5.91 Å². The van der Waals surface area contributed by atoms with Crippen molar-refractivity contribution in [2.45, 2.75) is 12.6 Å². The fourth-order valence-electron chi connectivity index (χ4n) is 4.29. The van der Waals surface area contributed by atoms with Gasteiger partial charge in [-0.1, -0.05) is 60.7 Å². The van der Waals surface area contributed by atoms with Crippen molar-refractivity contribution in [3.63, 3.8) is 0 Å². The Hall–Kier alpha value is -4.39. The van der Waals surface area contributed by atoms with Gasteiger partial charge < -0.3 is 19.2 Å². The number of nitrogens with zero attached hydrogens (tertiary/aromatic N) is 1. The first-order valence-electron chi connectivity index (χ1n) is 10.6. The van der Waals surface area contributed by atoms with E-state index in [1.807, 2.05) is 30.3 Å². The average molecular weight is 457 g/mol. The van der Waals surface area contributed by atoms with Crippen molar-refractivity contribution in [2.75, 3.05) is 7.11 Å². The van der Waals surface area contributed by atoms with E-state index in [2.05, 4.69) is 0 Å². The molecule has 6 nitrogen and oxygen atoms in total. The van der Waals surface area contributed by atoms with Crippen molar-refractivity contribution in [2.24, 2.45) is 0 Å². The number of para-hydroxylation sites is 1. The number of ketones is 1. The van der Waals surface area contributed by atoms with Crippen LogP contribution in [0.5, 0.6) is 5.75 Å². The molecule has 1 amide bonds. The molecule has 0 spiro atoms. The number of benzene rings is 3. The Kier molecular flexibility index (Phi) is 5.37. The van der Waals surface area contributed by atoms with Gasteiger partial charge in [0.15, 0.2) is 22.9 Å². The lowest BCUT2D eigenvalue weighted by Crippen LogP contribution is -2.31. The summed E-state index contributed by atoms with van der Waals surface area (Å²) < 4.78 is 26.0. The van der Waals surface area contributed by atoms with Crippen molar-refractivity contribution < 1.29 is 28.2 Å². The number of ether oxygens (including phenoxy) is 1. The summed E-state index contributed by atoms with van der Waals surface area (Å²) in [6, 6.07) is 20.6. The van der Waals surface area contributed by atoms with E-state index in [0.717, 1.165) is 5.56 Å². The molecule has 0 bridgehead atoms. The molecule has 7 heteroatoms. The van der Waals surface area contributed by atoms with Crippen LogP contribution in [0.15, 0.2) is 94.6 Å². The van der Waals surface area contributed by atoms with Gasteiger partial charge in [0.1, 0.15) is 5.82 Å². The molecule has 34 heavy (non-hydrogen) atoms. The van der Waals surface area contributed by atoms with Crippen LogP contribution in [0, 0.1) is 5.82 Å². The molecule has 3 aromatic carbocycles. The first-order valence-corrected chi connectivity index (χ1v) is 10.6. The number of aliphatic hydroxyl groups excluding tert-OH is 1. The third-order valence-electron chi connectivity index (χ3n) is 5.90. The van der Waals surface area contributed by atoms with Gasteiger partial charge in [-0.25, -0.2) is 4.39 Å². The number of carbonyl (C=O) groups is 2. The van der Waals surface area contributed by atoms with Gasteiger partial charge in [0.05, 0.1) is 18.7 Å². The second-order valence-electron chi connectivity index (χ2n) is 7.92. The summed E-state index contributed by atoms with van der Waals surface area (Å²) in [5, 5.41) is 11.4. The van der Waals surface area contributed by atoms with Crippen LogP contribution in [0.2, 0.25) is 0 Å². The summed E-state index contributed by atoms with van der Waals surface area (Å²) in [7, 11) is 1.48. The van der Waals surface area contributed by atoms with Crippen LogP contribution in [0.25, 0.3) is 11.0 Å². The van der Waals surface area contributed by atoms with Crippen LogP contribution in [-0.4, -0.2) is 28.8 Å². The Labute approximate surface area is 194 Å². The van der Waals surface area contributed by atoms with Crippen molar-refractivity contribution in [3.05, 3.63) is 113 Å². The first-order chi connectivity index (χ1) is 16.5. The third-order valence-corrected chi connectivity index (χ3v) is 5.90. The third kappa shape index (κ3) is 3.51. The summed E-state index contributed by atoms with van der Waals surface area (Å²) >= 11 is 0. The first kappa shape index (κ1) is 21.5. The summed E-state index contributed by atoms with van der Waals surface area (Å²) in [5.74, 6) is -2.42. The minimum absolute atomic E-state index is 0.0769. The molecule has 0 saturated carbocycles. The van der Waals surface area contributed by atoms with E-state index in [1.165, 1.54) is 36.3 Å². The number of Topliss-reactive ketones (excluding diaryl/α,β-unsaturated/α-hetero) is 1. The topological polar surface area (TPSA) is 80.0 Å². The number of aliphatic hydroxyl groups is 1. The average Bonchev–Trinajstić information content (AvgIpc) is 3.40. The van der Waals surface area contributed by atoms with E-state index < -0.39 is 29.3 Å². The van der Waals surface area contributed by atoms with E-state index in [9.17, 15) is 19.1 Å². The standard InChI is InChI=1S/C27H20FNO5/c1-33-20-13-7-10-17-14-21(34-26(17)20)24(30)22-23(18-11-5-6-12-19(18)28)29(27(32)25(22)31)15-16-8-3-2-4-9-16/h2-14,23,31H,15H2,1H3. The molecule has 0 fully saturated rings. The van der Waals surface area contributed by atoms with Crippen molar-refractivity contribution in [3.8, 4) is 5.75 Å². The number of hydrogen-bond acceptors (Lipinski definition) is 5. The minimum atomic E-state index is -1.13. The molecule has 2 heterocycles. The predicted octanol–water partition coefficient (Wildman–Crippen LogP) is 5.36. The maximum absolute atomic E-state index is 14.9. The smallest absolute Gasteiger partial charge is 0.290 e. The van der Waals surface area contributed by atoms with E-state index >= 15 is 0 Å². The highest BCUT2D eigenvalue weighted by molar-refractivity contribution is 6.16. The molecular formula is C27H20FNO5. The highest BCUT2D eigenvalue weighted by Gasteiger charge is 2.45. The fraction of sp³-hybridized carbons (Fsp3) is 0.111. The van der Waals surface area contributed by atoms with Gasteiger partial charge in [-0.15, -0.1) is 0 Å². The zero-order chi connectivity index (χ0) is 23.8. The second-order valence-corrected chi connectivity index (χ2v) is 7.92. The van der Waals surface area contributed by atoms with Crippen molar-refractivity contribution in [1.29, 1.82) is 0 Å². The van der Waals surface area contributed by atoms with Gasteiger partial charge in [-0.05, 0) is 23.8 Å². The summed E-state index contributed by atoms with van der Waals surface area (Å²) in [6.45, 7) is 0.0769. The second kappa shape index (κ2) is 8.51. The quantitative estimate of drug-likeness (QED) is 0.395. The van der Waals surface area contributed by atoms with Crippen LogP contribution in [0.1, 0.15) is 27.7 Å². The molecule has 170 valence electrons. The summed E-state index contributed by atoms with van der Waals surface area (Å²) in [6.07, 6.45) is 0. The number of amides is 1. The lowest BCUT2D eigenvalue weighted by Gasteiger charge is -2.27. The largest absolute Gasteiger partial charge is 0.503 e. The number of hydrogen-bond donors (Lipinski definition) is 1. The van der Waals surface area contributed by atoms with E-state index in [4.69, 9.17) is 9.15 Å². The molecule has 1 N–H and O–H groups in total. The Morgan fingerprint density at radius 2 is 1.79 bits per heavy atom. The maximum Gasteiger partial charge on any atom is 0.290 e. The van der Waals surface area contributed by atoms with Crippen LogP contribution in [0.3, 0.4) is 0 Å². The van der Waals surface area contributed by atoms with Crippen LogP contribution >= 0.6 is 0 Å². The Morgan fingerprint density at radius 1 is 1.06 bits per heavy atom. The Morgan fingerprint density at radius 3 is 2.53 bits per heavy atom. The Balaban J connectivity index is 1.62. The van der Waals surface area contributed by atoms with Crippen LogP contribution in [-0.2, 0) is 11.3 Å². The van der Waals surface area contributed by atoms with Gasteiger partial charge in [-0.3, -0.25) is 9.59 Å². The van der Waals surface area contributed by atoms with Gasteiger partial charge in [0.2, 0.25) is 5.78 Å². The highest BCUT2D eigenvalue weighted by Crippen LogP contribution is 2.41. The van der Waals surface area contributed by atoms with E-state index in [-0.39, 0.29) is 23.4 Å². The lowest BCUT2D eigenvalue weighted by atomic mass is 9.94. The molecule has 5 rings (SSSR count). The number of halogens is 1. The lowest BCUT2D eigenvalue weighted by molar-refractivity contribution is -0.130. The zero-order valence-electron chi connectivity index (χ0n) is 18.2. The van der Waals surface area contributed by atoms with Crippen molar-refractivity contribution >= 4 is 22.7 Å². The summed E-state index contributed by atoms with van der Waals surface area (Å²) in [5.41, 5.74) is 1.01. The fourth-order valence-corrected chi connectivity index (χ4v) is 4.29. The molecule has 1 aliphatic heterocycles. The van der Waals surface area contributed by atoms with E-state index in [0.29, 0.717) is 16.7 Å². The number of methoxy groups -OCH3 is 1. The van der Waals surface area contributed by atoms with Gasteiger partial charge in [-0.2, -0.15) is 0 Å². The van der Waals surface area contributed by atoms with Crippen LogP contribution in [0.4, 0.5) is 4.39 Å². The molecule has 1 unspecified atom stereocenters. The normalized spacial score (nSPS) is 15.9.